The predicted octanol–water partition coefficient (Wildman–Crippen LogP) is 4.32. The molecule has 1 unspecified atom stereocenters. The molecule has 4 rings (SSSR count). The van der Waals surface area contributed by atoms with E-state index in [1.807, 2.05) is 6.92 Å². The van der Waals surface area contributed by atoms with E-state index in [1.54, 1.807) is 36.4 Å². The second kappa shape index (κ2) is 9.19. The van der Waals surface area contributed by atoms with Crippen LogP contribution in [0.1, 0.15) is 52.0 Å². The summed E-state index contributed by atoms with van der Waals surface area (Å²) in [6.07, 6.45) is 2.43. The van der Waals surface area contributed by atoms with E-state index in [2.05, 4.69) is 34.0 Å². The summed E-state index contributed by atoms with van der Waals surface area (Å²) in [7, 11) is -3.84. The smallest absolute Gasteiger partial charge is 0.261 e. The lowest BCUT2D eigenvalue weighted by molar-refractivity contribution is -0.120. The Kier molecular flexibility index (Phi) is 6.46. The Morgan fingerprint density at radius 1 is 1.15 bits per heavy atom. The molecule has 0 saturated heterocycles. The van der Waals surface area contributed by atoms with Crippen molar-refractivity contribution in [2.45, 2.75) is 51.0 Å². The average molecular weight is 484 g/mol. The maximum absolute atomic E-state index is 12.9. The van der Waals surface area contributed by atoms with E-state index in [9.17, 15) is 13.2 Å². The lowest BCUT2D eigenvalue weighted by Crippen LogP contribution is -2.21. The zero-order valence-electron chi connectivity index (χ0n) is 19.4. The summed E-state index contributed by atoms with van der Waals surface area (Å²) in [5.41, 5.74) is 7.28. The minimum Gasteiger partial charge on any atom is -0.337 e. The molecule has 2 aromatic carbocycles. The van der Waals surface area contributed by atoms with E-state index in [0.29, 0.717) is 41.0 Å². The third kappa shape index (κ3) is 5.45. The fourth-order valence-electron chi connectivity index (χ4n) is 3.47. The van der Waals surface area contributed by atoms with Crippen LogP contribution in [0.4, 0.5) is 11.4 Å². The number of hydrogen-bond acceptors (Lipinski definition) is 7. The number of carbonyl (C=O) groups is 1. The molecule has 34 heavy (non-hydrogen) atoms. The van der Waals surface area contributed by atoms with E-state index in [1.165, 1.54) is 12.1 Å². The predicted molar refractivity (Wildman–Crippen MR) is 129 cm³/mol. The van der Waals surface area contributed by atoms with Crippen molar-refractivity contribution in [2.24, 2.45) is 17.1 Å². The van der Waals surface area contributed by atoms with Crippen molar-refractivity contribution in [1.29, 1.82) is 0 Å². The number of nitrogens with two attached hydrogens (primary N) is 1. The van der Waals surface area contributed by atoms with E-state index in [4.69, 9.17) is 10.3 Å². The average Bonchev–Trinajstić information content (AvgIpc) is 3.34. The van der Waals surface area contributed by atoms with Crippen LogP contribution in [0.3, 0.4) is 0 Å². The number of nitrogens with zero attached hydrogens (tertiary/aromatic N) is 2. The van der Waals surface area contributed by atoms with Gasteiger partial charge in [-0.2, -0.15) is 4.98 Å². The number of anilines is 2. The lowest BCUT2D eigenvalue weighted by Gasteiger charge is -2.12. The second-order valence-corrected chi connectivity index (χ2v) is 11.1. The molecule has 3 aromatic rings. The molecule has 10 heteroatoms. The molecule has 1 atom stereocenters. The van der Waals surface area contributed by atoms with Crippen molar-refractivity contribution in [3.8, 4) is 11.4 Å². The number of aromatic nitrogens is 2. The maximum Gasteiger partial charge on any atom is 0.261 e. The van der Waals surface area contributed by atoms with Gasteiger partial charge in [-0.3, -0.25) is 9.52 Å². The summed E-state index contributed by atoms with van der Waals surface area (Å²) in [6.45, 7) is 6.03. The van der Waals surface area contributed by atoms with Crippen LogP contribution in [0.2, 0.25) is 0 Å². The van der Waals surface area contributed by atoms with Gasteiger partial charge in [-0.05, 0) is 67.6 Å². The summed E-state index contributed by atoms with van der Waals surface area (Å²) in [6, 6.07) is 12.5. The lowest BCUT2D eigenvalue weighted by atomic mass is 10.0. The molecule has 1 aromatic heterocycles. The first-order valence-corrected chi connectivity index (χ1v) is 12.7. The van der Waals surface area contributed by atoms with Gasteiger partial charge >= 0.3 is 0 Å². The molecule has 1 aliphatic carbocycles. The van der Waals surface area contributed by atoms with Crippen LogP contribution in [-0.2, 0) is 14.8 Å². The highest BCUT2D eigenvalue weighted by molar-refractivity contribution is 7.92. The third-order valence-electron chi connectivity index (χ3n) is 5.83. The molecule has 1 fully saturated rings. The first-order valence-electron chi connectivity index (χ1n) is 11.2. The standard InChI is InChI=1S/C24H29N5O4S/c1-15(2)13-20(25)22-27-21(28-33-22)16-7-9-19(10-8-16)34(31,32)29-18-6-4-5-17(14-18)26-23(30)24(3)11-12-24/h4-10,14-15,20,29H,11-13,25H2,1-3H3,(H,26,30). The van der Waals surface area contributed by atoms with Crippen molar-refractivity contribution in [3.05, 3.63) is 54.4 Å². The fraction of sp³-hybridized carbons (Fsp3) is 0.375. The SMILES string of the molecule is CC(C)CC(N)c1nc(-c2ccc(S(=O)(=O)Nc3cccc(NC(=O)C4(C)CC4)c3)cc2)no1. The zero-order chi connectivity index (χ0) is 24.5. The van der Waals surface area contributed by atoms with Gasteiger partial charge in [0, 0.05) is 16.7 Å². The Hall–Kier alpha value is -3.24. The summed E-state index contributed by atoms with van der Waals surface area (Å²) in [5, 5.41) is 6.81. The fourth-order valence-corrected chi connectivity index (χ4v) is 4.52. The van der Waals surface area contributed by atoms with Crippen molar-refractivity contribution < 1.29 is 17.7 Å². The van der Waals surface area contributed by atoms with Crippen LogP contribution in [0.25, 0.3) is 11.4 Å². The number of sulfonamides is 1. The molecule has 1 heterocycles. The largest absolute Gasteiger partial charge is 0.337 e. The molecule has 0 radical (unpaired) electrons. The van der Waals surface area contributed by atoms with Crippen LogP contribution < -0.4 is 15.8 Å². The number of hydrogen-bond donors (Lipinski definition) is 3. The molecule has 0 spiro atoms. The molecule has 4 N–H and O–H groups in total. The second-order valence-electron chi connectivity index (χ2n) is 9.42. The van der Waals surface area contributed by atoms with Gasteiger partial charge in [0.2, 0.25) is 17.6 Å². The molecular weight excluding hydrogens is 454 g/mol. The van der Waals surface area contributed by atoms with Crippen LogP contribution in [0.5, 0.6) is 0 Å². The van der Waals surface area contributed by atoms with Gasteiger partial charge in [0.15, 0.2) is 0 Å². The van der Waals surface area contributed by atoms with Gasteiger partial charge in [-0.25, -0.2) is 8.42 Å². The molecule has 1 saturated carbocycles. The van der Waals surface area contributed by atoms with Gasteiger partial charge < -0.3 is 15.6 Å². The zero-order valence-corrected chi connectivity index (χ0v) is 20.2. The van der Waals surface area contributed by atoms with Crippen LogP contribution in [-0.4, -0.2) is 24.5 Å². The minimum atomic E-state index is -3.84. The van der Waals surface area contributed by atoms with Crippen molar-refractivity contribution in [1.82, 2.24) is 10.1 Å². The Balaban J connectivity index is 1.45. The quantitative estimate of drug-likeness (QED) is 0.411. The molecule has 180 valence electrons. The minimum absolute atomic E-state index is 0.0575. The number of rotatable bonds is 9. The third-order valence-corrected chi connectivity index (χ3v) is 7.23. The van der Waals surface area contributed by atoms with Gasteiger partial charge in [-0.15, -0.1) is 0 Å². The Morgan fingerprint density at radius 3 is 2.47 bits per heavy atom. The molecule has 9 nitrogen and oxygen atoms in total. The van der Waals surface area contributed by atoms with E-state index < -0.39 is 10.0 Å². The summed E-state index contributed by atoms with van der Waals surface area (Å²) in [5.74, 6) is 1.03. The highest BCUT2D eigenvalue weighted by atomic mass is 32.2. The van der Waals surface area contributed by atoms with Gasteiger partial charge in [-0.1, -0.05) is 32.0 Å². The summed E-state index contributed by atoms with van der Waals surface area (Å²) >= 11 is 0. The molecule has 1 aliphatic rings. The Labute approximate surface area is 199 Å². The summed E-state index contributed by atoms with van der Waals surface area (Å²) < 4.78 is 33.6. The van der Waals surface area contributed by atoms with Crippen LogP contribution >= 0.6 is 0 Å². The van der Waals surface area contributed by atoms with E-state index >= 15 is 0 Å². The number of amides is 1. The normalized spacial score (nSPS) is 15.7. The first-order chi connectivity index (χ1) is 16.1. The highest BCUT2D eigenvalue weighted by Gasteiger charge is 2.44. The monoisotopic (exact) mass is 483 g/mol. The molecular formula is C24H29N5O4S. The first kappa shape index (κ1) is 23.9. The summed E-state index contributed by atoms with van der Waals surface area (Å²) in [4.78, 5) is 16.7. The number of carbonyl (C=O) groups excluding carboxylic acids is 1. The highest BCUT2D eigenvalue weighted by Crippen LogP contribution is 2.45. The maximum atomic E-state index is 12.9. The molecule has 1 amide bonds. The Morgan fingerprint density at radius 2 is 1.82 bits per heavy atom. The number of nitrogens with one attached hydrogen (secondary N) is 2. The van der Waals surface area contributed by atoms with Crippen LogP contribution in [0.15, 0.2) is 57.9 Å². The van der Waals surface area contributed by atoms with Gasteiger partial charge in [0.1, 0.15) is 0 Å². The molecule has 0 bridgehead atoms. The number of benzene rings is 2. The van der Waals surface area contributed by atoms with E-state index in [0.717, 1.165) is 12.8 Å². The molecule has 0 aliphatic heterocycles. The topological polar surface area (TPSA) is 140 Å². The van der Waals surface area contributed by atoms with Gasteiger partial charge in [0.25, 0.3) is 10.0 Å². The van der Waals surface area contributed by atoms with E-state index in [-0.39, 0.29) is 22.3 Å². The van der Waals surface area contributed by atoms with Crippen molar-refractivity contribution >= 4 is 27.3 Å². The Bertz CT molecular complexity index is 1280. The van der Waals surface area contributed by atoms with Crippen molar-refractivity contribution in [3.63, 3.8) is 0 Å². The van der Waals surface area contributed by atoms with Crippen LogP contribution in [0, 0.1) is 11.3 Å². The van der Waals surface area contributed by atoms with Gasteiger partial charge in [0.05, 0.1) is 16.6 Å². The van der Waals surface area contributed by atoms with Crippen molar-refractivity contribution in [2.75, 3.05) is 10.0 Å².